The van der Waals surface area contributed by atoms with E-state index in [0.29, 0.717) is 12.1 Å². The lowest BCUT2D eigenvalue weighted by Crippen LogP contribution is -2.42. The molecule has 1 unspecified atom stereocenters. The Hall–Kier alpha value is -0.940. The van der Waals surface area contributed by atoms with Crippen LogP contribution in [0.2, 0.25) is 0 Å². The summed E-state index contributed by atoms with van der Waals surface area (Å²) in [6.45, 7) is 12.6. The van der Waals surface area contributed by atoms with Crippen molar-refractivity contribution in [2.75, 3.05) is 53.4 Å². The maximum atomic E-state index is 3.66. The highest BCUT2D eigenvalue weighted by molar-refractivity contribution is 5.14. The molecule has 0 saturated carbocycles. The molecule has 0 aromatic heterocycles. The van der Waals surface area contributed by atoms with Crippen LogP contribution in [0.1, 0.15) is 32.3 Å². The van der Waals surface area contributed by atoms with Crippen molar-refractivity contribution in [1.29, 1.82) is 0 Å². The molecule has 4 heteroatoms. The fourth-order valence-electron chi connectivity index (χ4n) is 3.40. The van der Waals surface area contributed by atoms with E-state index in [-0.39, 0.29) is 0 Å². The Morgan fingerprint density at radius 2 is 1.56 bits per heavy atom. The average molecular weight is 347 g/mol. The monoisotopic (exact) mass is 346 g/mol. The molecular weight excluding hydrogens is 308 g/mol. The van der Waals surface area contributed by atoms with E-state index in [2.05, 4.69) is 78.3 Å². The fraction of sp³-hybridized carbons (Fsp3) is 0.714. The Kier molecular flexibility index (Phi) is 8.90. The van der Waals surface area contributed by atoms with Gasteiger partial charge in [-0.15, -0.1) is 0 Å². The van der Waals surface area contributed by atoms with Crippen LogP contribution in [0, 0.1) is 0 Å². The number of benzene rings is 1. The summed E-state index contributed by atoms with van der Waals surface area (Å²) in [5, 5.41) is 3.66. The Morgan fingerprint density at radius 1 is 0.880 bits per heavy atom. The lowest BCUT2D eigenvalue weighted by atomic mass is 10.1. The van der Waals surface area contributed by atoms with Gasteiger partial charge in [0.1, 0.15) is 0 Å². The first-order valence-electron chi connectivity index (χ1n) is 9.93. The van der Waals surface area contributed by atoms with Crippen molar-refractivity contribution in [3.8, 4) is 0 Å². The second-order valence-corrected chi connectivity index (χ2v) is 7.84. The number of nitrogens with zero attached hydrogens (tertiary/aromatic N) is 3. The van der Waals surface area contributed by atoms with Gasteiger partial charge in [0.2, 0.25) is 0 Å². The van der Waals surface area contributed by atoms with Gasteiger partial charge in [-0.3, -0.25) is 4.90 Å². The first-order chi connectivity index (χ1) is 12.0. The van der Waals surface area contributed by atoms with Crippen molar-refractivity contribution in [2.24, 2.45) is 0 Å². The zero-order valence-electron chi connectivity index (χ0n) is 16.7. The van der Waals surface area contributed by atoms with Crippen LogP contribution >= 0.6 is 0 Å². The molecule has 1 heterocycles. The van der Waals surface area contributed by atoms with E-state index in [0.717, 1.165) is 39.3 Å². The standard InChI is InChI=1S/C21H38N4/c1-19-10-13-24(4)16-17-25(18-21-8-6-5-7-9-21)20(2)11-14-23(3)15-12-22-19/h5-9,19-20,22H,10-18H2,1-4H3/t19?,20-/m0/s1. The van der Waals surface area contributed by atoms with Gasteiger partial charge in [-0.05, 0) is 59.4 Å². The minimum Gasteiger partial charge on any atom is -0.313 e. The second-order valence-electron chi connectivity index (χ2n) is 7.84. The number of rotatable bonds is 2. The van der Waals surface area contributed by atoms with E-state index in [1.807, 2.05) is 0 Å². The number of hydrogen-bond acceptors (Lipinski definition) is 4. The van der Waals surface area contributed by atoms with Gasteiger partial charge in [0.15, 0.2) is 0 Å². The first kappa shape index (κ1) is 20.4. The molecule has 0 aliphatic carbocycles. The minimum atomic E-state index is 0.595. The van der Waals surface area contributed by atoms with E-state index in [1.165, 1.54) is 24.9 Å². The molecule has 2 atom stereocenters. The van der Waals surface area contributed by atoms with E-state index in [4.69, 9.17) is 0 Å². The summed E-state index contributed by atoms with van der Waals surface area (Å²) < 4.78 is 0. The molecule has 1 aliphatic rings. The third-order valence-corrected chi connectivity index (χ3v) is 5.48. The highest BCUT2D eigenvalue weighted by atomic mass is 15.2. The number of hydrogen-bond donors (Lipinski definition) is 1. The molecule has 1 saturated heterocycles. The molecule has 0 radical (unpaired) electrons. The van der Waals surface area contributed by atoms with Crippen LogP contribution in [0.25, 0.3) is 0 Å². The molecule has 1 N–H and O–H groups in total. The molecule has 142 valence electrons. The Bertz CT molecular complexity index is 464. The summed E-state index contributed by atoms with van der Waals surface area (Å²) in [5.74, 6) is 0. The van der Waals surface area contributed by atoms with Crippen LogP contribution in [0.3, 0.4) is 0 Å². The summed E-state index contributed by atoms with van der Waals surface area (Å²) in [7, 11) is 4.51. The quantitative estimate of drug-likeness (QED) is 0.888. The van der Waals surface area contributed by atoms with Gasteiger partial charge in [-0.1, -0.05) is 30.3 Å². The molecule has 1 aliphatic heterocycles. The van der Waals surface area contributed by atoms with Crippen LogP contribution in [-0.2, 0) is 6.54 Å². The van der Waals surface area contributed by atoms with Crippen LogP contribution in [0.15, 0.2) is 30.3 Å². The maximum absolute atomic E-state index is 3.66. The number of nitrogens with one attached hydrogen (secondary N) is 1. The molecule has 2 rings (SSSR count). The topological polar surface area (TPSA) is 21.8 Å². The Morgan fingerprint density at radius 3 is 2.32 bits per heavy atom. The summed E-state index contributed by atoms with van der Waals surface area (Å²) in [5.41, 5.74) is 1.42. The Labute approximate surface area is 155 Å². The van der Waals surface area contributed by atoms with Crippen molar-refractivity contribution in [1.82, 2.24) is 20.0 Å². The summed E-state index contributed by atoms with van der Waals surface area (Å²) >= 11 is 0. The van der Waals surface area contributed by atoms with Gasteiger partial charge in [0, 0.05) is 44.8 Å². The van der Waals surface area contributed by atoms with Gasteiger partial charge in [-0.25, -0.2) is 0 Å². The molecule has 1 aromatic carbocycles. The minimum absolute atomic E-state index is 0.595. The molecule has 1 fully saturated rings. The van der Waals surface area contributed by atoms with Crippen molar-refractivity contribution >= 4 is 0 Å². The molecule has 0 amide bonds. The van der Waals surface area contributed by atoms with Crippen LogP contribution in [0.4, 0.5) is 0 Å². The molecule has 4 nitrogen and oxygen atoms in total. The van der Waals surface area contributed by atoms with Crippen LogP contribution in [0.5, 0.6) is 0 Å². The predicted octanol–water partition coefficient (Wildman–Crippen LogP) is 2.51. The first-order valence-corrected chi connectivity index (χ1v) is 9.93. The van der Waals surface area contributed by atoms with E-state index < -0.39 is 0 Å². The molecule has 25 heavy (non-hydrogen) atoms. The zero-order valence-corrected chi connectivity index (χ0v) is 16.7. The van der Waals surface area contributed by atoms with Crippen LogP contribution < -0.4 is 5.32 Å². The third kappa shape index (κ3) is 7.87. The fourth-order valence-corrected chi connectivity index (χ4v) is 3.40. The summed E-state index contributed by atoms with van der Waals surface area (Å²) in [6, 6.07) is 12.1. The maximum Gasteiger partial charge on any atom is 0.0237 e. The second kappa shape index (κ2) is 10.9. The van der Waals surface area contributed by atoms with Gasteiger partial charge < -0.3 is 15.1 Å². The summed E-state index contributed by atoms with van der Waals surface area (Å²) in [6.07, 6.45) is 2.44. The molecule has 0 bridgehead atoms. The third-order valence-electron chi connectivity index (χ3n) is 5.48. The highest BCUT2D eigenvalue weighted by Gasteiger charge is 2.16. The van der Waals surface area contributed by atoms with Crippen molar-refractivity contribution in [3.63, 3.8) is 0 Å². The average Bonchev–Trinajstić information content (AvgIpc) is 2.61. The van der Waals surface area contributed by atoms with Gasteiger partial charge in [-0.2, -0.15) is 0 Å². The van der Waals surface area contributed by atoms with E-state index in [1.54, 1.807) is 0 Å². The molecule has 1 aromatic rings. The van der Waals surface area contributed by atoms with Crippen LogP contribution in [-0.4, -0.2) is 80.1 Å². The highest BCUT2D eigenvalue weighted by Crippen LogP contribution is 2.12. The van der Waals surface area contributed by atoms with Crippen molar-refractivity contribution in [3.05, 3.63) is 35.9 Å². The van der Waals surface area contributed by atoms with Gasteiger partial charge in [0.05, 0.1) is 0 Å². The number of likely N-dealkylation sites (N-methyl/N-ethyl adjacent to an activating group) is 2. The SMILES string of the molecule is CC1CCN(C)CCN(Cc2ccccc2)[C@@H](C)CCN(C)CCN1. The lowest BCUT2D eigenvalue weighted by molar-refractivity contribution is 0.150. The normalized spacial score (nSPS) is 27.0. The predicted molar refractivity (Wildman–Crippen MR) is 108 cm³/mol. The van der Waals surface area contributed by atoms with Crippen molar-refractivity contribution in [2.45, 2.75) is 45.3 Å². The molecular formula is C21H38N4. The van der Waals surface area contributed by atoms with E-state index in [9.17, 15) is 0 Å². The van der Waals surface area contributed by atoms with Gasteiger partial charge in [0.25, 0.3) is 0 Å². The largest absolute Gasteiger partial charge is 0.313 e. The zero-order chi connectivity index (χ0) is 18.1. The smallest absolute Gasteiger partial charge is 0.0237 e. The lowest BCUT2D eigenvalue weighted by Gasteiger charge is -2.33. The van der Waals surface area contributed by atoms with E-state index >= 15 is 0 Å². The van der Waals surface area contributed by atoms with Gasteiger partial charge >= 0.3 is 0 Å². The molecule has 0 spiro atoms. The Balaban J connectivity index is 1.99. The van der Waals surface area contributed by atoms with Crippen molar-refractivity contribution < 1.29 is 0 Å². The summed E-state index contributed by atoms with van der Waals surface area (Å²) in [4.78, 5) is 7.61.